The summed E-state index contributed by atoms with van der Waals surface area (Å²) in [5, 5.41) is 3.28. The SMILES string of the molecule is O=C(NC1CCCCCC1)C1CCN(Cc2ccccc2F)CC1. The molecule has 4 heteroatoms. The summed E-state index contributed by atoms with van der Waals surface area (Å²) >= 11 is 0. The average molecular weight is 332 g/mol. The summed E-state index contributed by atoms with van der Waals surface area (Å²) in [5.41, 5.74) is 0.749. The number of halogens is 1. The van der Waals surface area contributed by atoms with E-state index in [4.69, 9.17) is 0 Å². The molecule has 1 saturated heterocycles. The first-order valence-corrected chi connectivity index (χ1v) is 9.48. The summed E-state index contributed by atoms with van der Waals surface area (Å²) in [7, 11) is 0. The Morgan fingerprint density at radius 1 is 1.04 bits per heavy atom. The van der Waals surface area contributed by atoms with Crippen LogP contribution in [0, 0.1) is 11.7 Å². The molecule has 1 aromatic carbocycles. The molecule has 2 fully saturated rings. The first-order valence-electron chi connectivity index (χ1n) is 9.48. The molecule has 0 atom stereocenters. The number of hydrogen-bond donors (Lipinski definition) is 1. The summed E-state index contributed by atoms with van der Waals surface area (Å²) in [6.45, 7) is 2.39. The van der Waals surface area contributed by atoms with E-state index in [2.05, 4.69) is 10.2 Å². The van der Waals surface area contributed by atoms with Crippen molar-refractivity contribution in [3.63, 3.8) is 0 Å². The smallest absolute Gasteiger partial charge is 0.223 e. The summed E-state index contributed by atoms with van der Waals surface area (Å²) in [4.78, 5) is 14.8. The Bertz CT molecular complexity index is 532. The highest BCUT2D eigenvalue weighted by Crippen LogP contribution is 2.22. The third-order valence-electron chi connectivity index (χ3n) is 5.51. The van der Waals surface area contributed by atoms with E-state index in [1.807, 2.05) is 12.1 Å². The maximum Gasteiger partial charge on any atom is 0.223 e. The van der Waals surface area contributed by atoms with Gasteiger partial charge in [0.05, 0.1) is 0 Å². The number of nitrogens with one attached hydrogen (secondary N) is 1. The number of amides is 1. The molecular formula is C20H29FN2O. The maximum absolute atomic E-state index is 13.8. The van der Waals surface area contributed by atoms with Gasteiger partial charge in [-0.2, -0.15) is 0 Å². The van der Waals surface area contributed by atoms with Gasteiger partial charge in [0.15, 0.2) is 0 Å². The van der Waals surface area contributed by atoms with Crippen LogP contribution in [0.4, 0.5) is 4.39 Å². The van der Waals surface area contributed by atoms with E-state index in [1.54, 1.807) is 6.07 Å². The van der Waals surface area contributed by atoms with Crippen molar-refractivity contribution in [3.05, 3.63) is 35.6 Å². The lowest BCUT2D eigenvalue weighted by atomic mass is 9.94. The third-order valence-corrected chi connectivity index (χ3v) is 5.51. The van der Waals surface area contributed by atoms with Crippen molar-refractivity contribution < 1.29 is 9.18 Å². The second-order valence-electron chi connectivity index (χ2n) is 7.34. The monoisotopic (exact) mass is 332 g/mol. The van der Waals surface area contributed by atoms with Gasteiger partial charge in [-0.25, -0.2) is 4.39 Å². The van der Waals surface area contributed by atoms with Crippen molar-refractivity contribution in [1.29, 1.82) is 0 Å². The van der Waals surface area contributed by atoms with Gasteiger partial charge in [0.25, 0.3) is 0 Å². The molecule has 1 amide bonds. The van der Waals surface area contributed by atoms with Gasteiger partial charge in [0, 0.05) is 24.1 Å². The van der Waals surface area contributed by atoms with Crippen molar-refractivity contribution in [2.45, 2.75) is 64.0 Å². The fraction of sp³-hybridized carbons (Fsp3) is 0.650. The molecule has 1 heterocycles. The largest absolute Gasteiger partial charge is 0.353 e. The van der Waals surface area contributed by atoms with Crippen LogP contribution in [0.3, 0.4) is 0 Å². The molecule has 1 N–H and O–H groups in total. The second-order valence-corrected chi connectivity index (χ2v) is 7.34. The van der Waals surface area contributed by atoms with Crippen molar-refractivity contribution in [3.8, 4) is 0 Å². The quantitative estimate of drug-likeness (QED) is 0.849. The van der Waals surface area contributed by atoms with E-state index in [1.165, 1.54) is 31.7 Å². The van der Waals surface area contributed by atoms with Crippen molar-refractivity contribution in [2.24, 2.45) is 5.92 Å². The topological polar surface area (TPSA) is 32.3 Å². The number of piperidine rings is 1. The second kappa shape index (κ2) is 8.61. The van der Waals surface area contributed by atoms with E-state index in [0.29, 0.717) is 12.6 Å². The lowest BCUT2D eigenvalue weighted by Crippen LogP contribution is -2.43. The third kappa shape index (κ3) is 4.79. The van der Waals surface area contributed by atoms with E-state index in [-0.39, 0.29) is 17.6 Å². The van der Waals surface area contributed by atoms with Crippen LogP contribution in [-0.4, -0.2) is 29.9 Å². The van der Waals surface area contributed by atoms with Crippen molar-refractivity contribution in [1.82, 2.24) is 10.2 Å². The van der Waals surface area contributed by atoms with Crippen LogP contribution in [-0.2, 0) is 11.3 Å². The van der Waals surface area contributed by atoms with Gasteiger partial charge in [-0.1, -0.05) is 43.9 Å². The molecule has 3 rings (SSSR count). The zero-order valence-electron chi connectivity index (χ0n) is 14.5. The molecule has 132 valence electrons. The molecule has 1 aliphatic heterocycles. The van der Waals surface area contributed by atoms with Gasteiger partial charge in [0.2, 0.25) is 5.91 Å². The zero-order chi connectivity index (χ0) is 16.8. The lowest BCUT2D eigenvalue weighted by molar-refractivity contribution is -0.127. The first kappa shape index (κ1) is 17.4. The number of likely N-dealkylation sites (tertiary alicyclic amines) is 1. The molecule has 0 aromatic heterocycles. The fourth-order valence-corrected chi connectivity index (χ4v) is 3.96. The molecule has 0 radical (unpaired) electrons. The minimum atomic E-state index is -0.134. The summed E-state index contributed by atoms with van der Waals surface area (Å²) in [6, 6.07) is 7.35. The van der Waals surface area contributed by atoms with Crippen LogP contribution in [0.5, 0.6) is 0 Å². The summed E-state index contributed by atoms with van der Waals surface area (Å²) in [5.74, 6) is 0.239. The molecule has 3 nitrogen and oxygen atoms in total. The number of rotatable bonds is 4. The fourth-order valence-electron chi connectivity index (χ4n) is 3.96. The molecule has 0 unspecified atom stereocenters. The van der Waals surface area contributed by atoms with Crippen LogP contribution in [0.2, 0.25) is 0 Å². The molecule has 24 heavy (non-hydrogen) atoms. The number of benzene rings is 1. The van der Waals surface area contributed by atoms with Gasteiger partial charge in [0.1, 0.15) is 5.82 Å². The normalized spacial score (nSPS) is 21.4. The molecule has 1 aliphatic carbocycles. The summed E-state index contributed by atoms with van der Waals surface area (Å²) < 4.78 is 13.8. The number of carbonyl (C=O) groups is 1. The number of carbonyl (C=O) groups excluding carboxylic acids is 1. The van der Waals surface area contributed by atoms with Crippen molar-refractivity contribution in [2.75, 3.05) is 13.1 Å². The Hall–Kier alpha value is -1.42. The number of nitrogens with zero attached hydrogens (tertiary/aromatic N) is 1. The van der Waals surface area contributed by atoms with Crippen molar-refractivity contribution >= 4 is 5.91 Å². The minimum absolute atomic E-state index is 0.130. The van der Waals surface area contributed by atoms with Gasteiger partial charge in [-0.05, 0) is 44.8 Å². The predicted octanol–water partition coefficient (Wildman–Crippen LogP) is 3.88. The van der Waals surface area contributed by atoms with E-state index in [9.17, 15) is 9.18 Å². The molecule has 1 saturated carbocycles. The first-order chi connectivity index (χ1) is 11.7. The van der Waals surface area contributed by atoms with Crippen LogP contribution < -0.4 is 5.32 Å². The molecule has 2 aliphatic rings. The van der Waals surface area contributed by atoms with Crippen LogP contribution >= 0.6 is 0 Å². The predicted molar refractivity (Wildman–Crippen MR) is 94.0 cm³/mol. The molecule has 0 bridgehead atoms. The van der Waals surface area contributed by atoms with E-state index in [0.717, 1.165) is 44.3 Å². The zero-order valence-corrected chi connectivity index (χ0v) is 14.5. The molecule has 0 spiro atoms. The summed E-state index contributed by atoms with van der Waals surface area (Å²) in [6.07, 6.45) is 9.13. The van der Waals surface area contributed by atoms with E-state index >= 15 is 0 Å². The Balaban J connectivity index is 1.44. The minimum Gasteiger partial charge on any atom is -0.353 e. The van der Waals surface area contributed by atoms with Crippen LogP contribution in [0.25, 0.3) is 0 Å². The molecular weight excluding hydrogens is 303 g/mol. The maximum atomic E-state index is 13.8. The lowest BCUT2D eigenvalue weighted by Gasteiger charge is -2.32. The van der Waals surface area contributed by atoms with E-state index < -0.39 is 0 Å². The Morgan fingerprint density at radius 3 is 2.38 bits per heavy atom. The highest BCUT2D eigenvalue weighted by molar-refractivity contribution is 5.79. The Kier molecular flexibility index (Phi) is 6.24. The highest BCUT2D eigenvalue weighted by atomic mass is 19.1. The average Bonchev–Trinajstić information content (AvgIpc) is 2.86. The number of hydrogen-bond acceptors (Lipinski definition) is 2. The van der Waals surface area contributed by atoms with Gasteiger partial charge in [-0.3, -0.25) is 9.69 Å². The van der Waals surface area contributed by atoms with Gasteiger partial charge < -0.3 is 5.32 Å². The van der Waals surface area contributed by atoms with Crippen LogP contribution in [0.15, 0.2) is 24.3 Å². The molecule has 1 aromatic rings. The Labute approximate surface area is 144 Å². The van der Waals surface area contributed by atoms with Gasteiger partial charge in [-0.15, -0.1) is 0 Å². The highest BCUT2D eigenvalue weighted by Gasteiger charge is 2.27. The van der Waals surface area contributed by atoms with Gasteiger partial charge >= 0.3 is 0 Å². The Morgan fingerprint density at radius 2 is 1.71 bits per heavy atom. The van der Waals surface area contributed by atoms with Crippen LogP contribution in [0.1, 0.15) is 56.9 Å². The standard InChI is InChI=1S/C20H29FN2O/c21-19-10-6-5-7-17(19)15-23-13-11-16(12-14-23)20(24)22-18-8-3-1-2-4-9-18/h5-7,10,16,18H,1-4,8-9,11-15H2,(H,22,24).